The average molecular weight is 219 g/mol. The highest BCUT2D eigenvalue weighted by molar-refractivity contribution is 8.01. The predicted molar refractivity (Wildman–Crippen MR) is 56.7 cm³/mol. The van der Waals surface area contributed by atoms with Gasteiger partial charge in [-0.05, 0) is 6.92 Å². The van der Waals surface area contributed by atoms with Crippen LogP contribution in [0.3, 0.4) is 0 Å². The van der Waals surface area contributed by atoms with Crippen LogP contribution in [0.25, 0.3) is 0 Å². The molecule has 1 N–H and O–H groups in total. The lowest BCUT2D eigenvalue weighted by atomic mass is 10.8. The maximum absolute atomic E-state index is 4.94. The highest BCUT2D eigenvalue weighted by Crippen LogP contribution is 2.24. The molecule has 0 amide bonds. The zero-order valence-corrected chi connectivity index (χ0v) is 9.37. The molecule has 0 atom stereocenters. The summed E-state index contributed by atoms with van der Waals surface area (Å²) in [6, 6.07) is 0. The van der Waals surface area contributed by atoms with Gasteiger partial charge < -0.3 is 10.1 Å². The van der Waals surface area contributed by atoms with Crippen LogP contribution in [0.1, 0.15) is 6.92 Å². The number of aromatic nitrogens is 2. The van der Waals surface area contributed by atoms with Crippen LogP contribution >= 0.6 is 23.1 Å². The monoisotopic (exact) mass is 219 g/mol. The first-order valence-corrected chi connectivity index (χ1v) is 5.86. The maximum atomic E-state index is 4.94. The second-order valence-electron chi connectivity index (χ2n) is 2.24. The summed E-state index contributed by atoms with van der Waals surface area (Å²) >= 11 is 3.25. The van der Waals surface area contributed by atoms with Crippen LogP contribution in [0.15, 0.2) is 4.34 Å². The molecule has 0 aliphatic carbocycles. The first-order valence-electron chi connectivity index (χ1n) is 4.06. The van der Waals surface area contributed by atoms with Crippen molar-refractivity contribution in [2.24, 2.45) is 0 Å². The lowest BCUT2D eigenvalue weighted by molar-refractivity contribution is 0.218. The molecular formula is C7H13N3OS2. The molecule has 0 saturated carbocycles. The van der Waals surface area contributed by atoms with Crippen LogP contribution in [0.5, 0.6) is 0 Å². The lowest BCUT2D eigenvalue weighted by Crippen LogP contribution is -1.94. The van der Waals surface area contributed by atoms with E-state index in [1.165, 1.54) is 0 Å². The maximum Gasteiger partial charge on any atom is 0.206 e. The van der Waals surface area contributed by atoms with Crippen LogP contribution in [0.2, 0.25) is 0 Å². The van der Waals surface area contributed by atoms with Gasteiger partial charge in [-0.15, -0.1) is 10.2 Å². The normalized spacial score (nSPS) is 10.3. The zero-order chi connectivity index (χ0) is 9.52. The highest BCUT2D eigenvalue weighted by atomic mass is 32.2. The SMILES string of the molecule is CCNc1nnc(SCCOC)s1. The van der Waals surface area contributed by atoms with Crippen molar-refractivity contribution < 1.29 is 4.74 Å². The van der Waals surface area contributed by atoms with Crippen LogP contribution in [-0.4, -0.2) is 36.2 Å². The van der Waals surface area contributed by atoms with Gasteiger partial charge in [0.2, 0.25) is 5.13 Å². The summed E-state index contributed by atoms with van der Waals surface area (Å²) in [6.07, 6.45) is 0. The zero-order valence-electron chi connectivity index (χ0n) is 7.74. The number of rotatable bonds is 6. The average Bonchev–Trinajstić information content (AvgIpc) is 2.54. The van der Waals surface area contributed by atoms with Crippen molar-refractivity contribution >= 4 is 28.2 Å². The van der Waals surface area contributed by atoms with E-state index in [1.54, 1.807) is 30.2 Å². The summed E-state index contributed by atoms with van der Waals surface area (Å²) in [7, 11) is 1.70. The van der Waals surface area contributed by atoms with E-state index >= 15 is 0 Å². The van der Waals surface area contributed by atoms with E-state index in [-0.39, 0.29) is 0 Å². The molecular weight excluding hydrogens is 206 g/mol. The van der Waals surface area contributed by atoms with Crippen LogP contribution in [-0.2, 0) is 4.74 Å². The number of hydrogen-bond donors (Lipinski definition) is 1. The Morgan fingerprint density at radius 3 is 3.08 bits per heavy atom. The van der Waals surface area contributed by atoms with E-state index in [1.807, 2.05) is 6.92 Å². The summed E-state index contributed by atoms with van der Waals surface area (Å²) in [4.78, 5) is 0. The molecule has 0 fully saturated rings. The predicted octanol–water partition coefficient (Wildman–Crippen LogP) is 1.71. The summed E-state index contributed by atoms with van der Waals surface area (Å²) in [5, 5.41) is 12.0. The molecule has 1 aromatic heterocycles. The Balaban J connectivity index is 2.31. The second-order valence-corrected chi connectivity index (χ2v) is 4.56. The van der Waals surface area contributed by atoms with Gasteiger partial charge in [-0.25, -0.2) is 0 Å². The molecule has 0 saturated heterocycles. The van der Waals surface area contributed by atoms with Gasteiger partial charge >= 0.3 is 0 Å². The van der Waals surface area contributed by atoms with Crippen molar-refractivity contribution in [1.82, 2.24) is 10.2 Å². The van der Waals surface area contributed by atoms with Crippen LogP contribution < -0.4 is 5.32 Å². The Morgan fingerprint density at radius 2 is 2.38 bits per heavy atom. The lowest BCUT2D eigenvalue weighted by Gasteiger charge is -1.94. The van der Waals surface area contributed by atoms with Crippen molar-refractivity contribution in [3.05, 3.63) is 0 Å². The minimum atomic E-state index is 0.751. The molecule has 1 rings (SSSR count). The van der Waals surface area contributed by atoms with Gasteiger partial charge in [-0.1, -0.05) is 23.1 Å². The smallest absolute Gasteiger partial charge is 0.206 e. The molecule has 0 unspecified atom stereocenters. The molecule has 74 valence electrons. The number of methoxy groups -OCH3 is 1. The topological polar surface area (TPSA) is 47.0 Å². The number of thioether (sulfide) groups is 1. The molecule has 4 nitrogen and oxygen atoms in total. The fourth-order valence-electron chi connectivity index (χ4n) is 0.703. The van der Waals surface area contributed by atoms with Crippen molar-refractivity contribution in [2.75, 3.05) is 31.3 Å². The molecule has 0 aliphatic rings. The molecule has 6 heteroatoms. The van der Waals surface area contributed by atoms with Gasteiger partial charge in [0, 0.05) is 19.4 Å². The van der Waals surface area contributed by atoms with Gasteiger partial charge in [0.15, 0.2) is 4.34 Å². The van der Waals surface area contributed by atoms with Gasteiger partial charge in [0.25, 0.3) is 0 Å². The minimum absolute atomic E-state index is 0.751. The Labute approximate surface area is 86.1 Å². The second kappa shape index (κ2) is 6.17. The Morgan fingerprint density at radius 1 is 1.54 bits per heavy atom. The summed E-state index contributed by atoms with van der Waals surface area (Å²) in [6.45, 7) is 3.68. The number of hydrogen-bond acceptors (Lipinski definition) is 6. The molecule has 0 spiro atoms. The molecule has 0 bridgehead atoms. The van der Waals surface area contributed by atoms with Gasteiger partial charge in [0.1, 0.15) is 0 Å². The Kier molecular flexibility index (Phi) is 5.10. The largest absolute Gasteiger partial charge is 0.384 e. The molecule has 1 aromatic rings. The van der Waals surface area contributed by atoms with Crippen LogP contribution in [0.4, 0.5) is 5.13 Å². The van der Waals surface area contributed by atoms with E-state index < -0.39 is 0 Å². The highest BCUT2D eigenvalue weighted by Gasteiger charge is 2.02. The number of anilines is 1. The van der Waals surface area contributed by atoms with Gasteiger partial charge in [-0.2, -0.15) is 0 Å². The third-order valence-electron chi connectivity index (χ3n) is 1.25. The Hall–Kier alpha value is -0.330. The third-order valence-corrected chi connectivity index (χ3v) is 3.23. The number of nitrogens with zero attached hydrogens (tertiary/aromatic N) is 2. The van der Waals surface area contributed by atoms with E-state index in [4.69, 9.17) is 4.74 Å². The summed E-state index contributed by atoms with van der Waals surface area (Å²) in [5.74, 6) is 0.928. The summed E-state index contributed by atoms with van der Waals surface area (Å²) < 4.78 is 5.93. The van der Waals surface area contributed by atoms with Crippen molar-refractivity contribution in [2.45, 2.75) is 11.3 Å². The van der Waals surface area contributed by atoms with Crippen molar-refractivity contribution in [3.63, 3.8) is 0 Å². The summed E-state index contributed by atoms with van der Waals surface area (Å²) in [5.41, 5.74) is 0. The first-order chi connectivity index (χ1) is 6.36. The first kappa shape index (κ1) is 10.7. The molecule has 0 aliphatic heterocycles. The molecule has 0 radical (unpaired) electrons. The van der Waals surface area contributed by atoms with E-state index in [0.29, 0.717) is 0 Å². The number of nitrogens with one attached hydrogen (secondary N) is 1. The molecule has 13 heavy (non-hydrogen) atoms. The fraction of sp³-hybridized carbons (Fsp3) is 0.714. The molecule has 1 heterocycles. The van der Waals surface area contributed by atoms with Crippen molar-refractivity contribution in [3.8, 4) is 0 Å². The Bertz CT molecular complexity index is 241. The van der Waals surface area contributed by atoms with E-state index in [2.05, 4.69) is 15.5 Å². The molecule has 0 aromatic carbocycles. The van der Waals surface area contributed by atoms with E-state index in [0.717, 1.165) is 28.4 Å². The van der Waals surface area contributed by atoms with Gasteiger partial charge in [0.05, 0.1) is 6.61 Å². The standard InChI is InChI=1S/C7H13N3OS2/c1-3-8-6-9-10-7(13-6)12-5-4-11-2/h3-5H2,1-2H3,(H,8,9). The minimum Gasteiger partial charge on any atom is -0.384 e. The van der Waals surface area contributed by atoms with Gasteiger partial charge in [-0.3, -0.25) is 0 Å². The fourth-order valence-corrected chi connectivity index (χ4v) is 2.49. The van der Waals surface area contributed by atoms with Crippen LogP contribution in [0, 0.1) is 0 Å². The number of ether oxygens (including phenoxy) is 1. The van der Waals surface area contributed by atoms with Crippen molar-refractivity contribution in [1.29, 1.82) is 0 Å². The quantitative estimate of drug-likeness (QED) is 0.583. The van der Waals surface area contributed by atoms with E-state index in [9.17, 15) is 0 Å². The third kappa shape index (κ3) is 3.93.